The largest absolute Gasteiger partial charge is 0.393 e. The molecule has 7 heavy (non-hydrogen) atoms. The van der Waals surface area contributed by atoms with Crippen LogP contribution in [-0.4, -0.2) is 16.5 Å². The summed E-state index contributed by atoms with van der Waals surface area (Å²) in [5.74, 6) is 0. The molecule has 0 aromatic heterocycles. The van der Waals surface area contributed by atoms with Gasteiger partial charge in [-0.25, -0.2) is 0 Å². The van der Waals surface area contributed by atoms with Crippen molar-refractivity contribution in [1.82, 2.24) is 0 Å². The fourth-order valence-corrected chi connectivity index (χ4v) is 1.33. The predicted octanol–water partition coefficient (Wildman–Crippen LogP) is 0.830. The predicted molar refractivity (Wildman–Crippen MR) is 32.6 cm³/mol. The summed E-state index contributed by atoms with van der Waals surface area (Å²) >= 11 is 4.19. The molecule has 0 radical (unpaired) electrons. The van der Waals surface area contributed by atoms with E-state index in [9.17, 15) is 0 Å². The van der Waals surface area contributed by atoms with Gasteiger partial charge in [-0.05, 0) is 19.3 Å². The maximum absolute atomic E-state index is 8.85. The van der Waals surface area contributed by atoms with E-state index in [1.54, 1.807) is 0 Å². The third-order valence-electron chi connectivity index (χ3n) is 1.38. The van der Waals surface area contributed by atoms with Gasteiger partial charge in [0.25, 0.3) is 0 Å². The van der Waals surface area contributed by atoms with Crippen LogP contribution in [0.3, 0.4) is 0 Å². The molecule has 0 aliphatic heterocycles. The smallest absolute Gasteiger partial charge is 0.0551 e. The molecule has 0 aromatic carbocycles. The number of thiol groups is 1. The van der Waals surface area contributed by atoms with Crippen molar-refractivity contribution in [2.24, 2.45) is 0 Å². The van der Waals surface area contributed by atoms with Gasteiger partial charge in [0.05, 0.1) is 6.10 Å². The second-order valence-corrected chi connectivity index (χ2v) is 2.85. The lowest BCUT2D eigenvalue weighted by Gasteiger charge is -1.95. The van der Waals surface area contributed by atoms with Crippen molar-refractivity contribution >= 4 is 12.6 Å². The van der Waals surface area contributed by atoms with E-state index in [0.29, 0.717) is 5.25 Å². The van der Waals surface area contributed by atoms with Crippen molar-refractivity contribution in [2.75, 3.05) is 0 Å². The zero-order chi connectivity index (χ0) is 5.28. The van der Waals surface area contributed by atoms with E-state index in [2.05, 4.69) is 12.6 Å². The summed E-state index contributed by atoms with van der Waals surface area (Å²) in [5.41, 5.74) is 0. The van der Waals surface area contributed by atoms with E-state index in [1.807, 2.05) is 0 Å². The molecule has 1 saturated carbocycles. The lowest BCUT2D eigenvalue weighted by Crippen LogP contribution is -1.98. The van der Waals surface area contributed by atoms with E-state index in [4.69, 9.17) is 5.11 Å². The van der Waals surface area contributed by atoms with Gasteiger partial charge < -0.3 is 5.11 Å². The Labute approximate surface area is 49.1 Å². The van der Waals surface area contributed by atoms with Gasteiger partial charge in [0.15, 0.2) is 0 Å². The molecule has 1 aliphatic rings. The number of aliphatic hydroxyl groups is 1. The number of hydrogen-bond acceptors (Lipinski definition) is 2. The van der Waals surface area contributed by atoms with Gasteiger partial charge in [0, 0.05) is 5.25 Å². The van der Waals surface area contributed by atoms with Gasteiger partial charge in [-0.3, -0.25) is 0 Å². The molecule has 42 valence electrons. The summed E-state index contributed by atoms with van der Waals surface area (Å²) in [4.78, 5) is 0. The van der Waals surface area contributed by atoms with Crippen LogP contribution < -0.4 is 0 Å². The van der Waals surface area contributed by atoms with Crippen LogP contribution in [0.4, 0.5) is 0 Å². The molecule has 1 aliphatic carbocycles. The molecule has 0 bridgehead atoms. The van der Waals surface area contributed by atoms with Crippen LogP contribution in [0.1, 0.15) is 19.3 Å². The van der Waals surface area contributed by atoms with Gasteiger partial charge in [-0.15, -0.1) is 0 Å². The zero-order valence-electron chi connectivity index (χ0n) is 4.17. The Kier molecular flexibility index (Phi) is 1.60. The molecular weight excluding hydrogens is 108 g/mol. The van der Waals surface area contributed by atoms with Crippen molar-refractivity contribution in [1.29, 1.82) is 0 Å². The average molecular weight is 118 g/mol. The lowest BCUT2D eigenvalue weighted by atomic mass is 10.3. The Bertz CT molecular complexity index is 57.1. The molecule has 2 unspecified atom stereocenters. The first-order valence-electron chi connectivity index (χ1n) is 2.65. The van der Waals surface area contributed by atoms with Crippen molar-refractivity contribution in [2.45, 2.75) is 30.6 Å². The molecule has 2 atom stereocenters. The molecule has 0 heterocycles. The maximum atomic E-state index is 8.85. The van der Waals surface area contributed by atoms with Crippen LogP contribution in [0.5, 0.6) is 0 Å². The van der Waals surface area contributed by atoms with Crippen molar-refractivity contribution < 1.29 is 5.11 Å². The second kappa shape index (κ2) is 2.05. The highest BCUT2D eigenvalue weighted by Crippen LogP contribution is 2.22. The van der Waals surface area contributed by atoms with Gasteiger partial charge in [0.2, 0.25) is 0 Å². The van der Waals surface area contributed by atoms with Crippen LogP contribution in [0, 0.1) is 0 Å². The summed E-state index contributed by atoms with van der Waals surface area (Å²) in [7, 11) is 0. The van der Waals surface area contributed by atoms with Gasteiger partial charge >= 0.3 is 0 Å². The first-order chi connectivity index (χ1) is 3.29. The number of aliphatic hydroxyl groups excluding tert-OH is 1. The number of rotatable bonds is 0. The molecule has 0 aromatic rings. The monoisotopic (exact) mass is 118 g/mol. The third kappa shape index (κ3) is 1.35. The third-order valence-corrected chi connectivity index (χ3v) is 1.85. The fourth-order valence-electron chi connectivity index (χ4n) is 0.935. The minimum Gasteiger partial charge on any atom is -0.393 e. The summed E-state index contributed by atoms with van der Waals surface area (Å²) in [6.45, 7) is 0. The summed E-state index contributed by atoms with van der Waals surface area (Å²) in [6.07, 6.45) is 2.88. The molecule has 1 rings (SSSR count). The maximum Gasteiger partial charge on any atom is 0.0551 e. The van der Waals surface area contributed by atoms with Crippen molar-refractivity contribution in [3.05, 3.63) is 0 Å². The average Bonchev–Trinajstić information content (AvgIpc) is 1.87. The summed E-state index contributed by atoms with van der Waals surface area (Å²) in [6, 6.07) is 0. The topological polar surface area (TPSA) is 20.2 Å². The molecule has 0 spiro atoms. The van der Waals surface area contributed by atoms with Crippen LogP contribution in [0.2, 0.25) is 0 Å². The van der Waals surface area contributed by atoms with E-state index in [1.165, 1.54) is 0 Å². The molecule has 0 amide bonds. The van der Waals surface area contributed by atoms with Gasteiger partial charge in [-0.1, -0.05) is 0 Å². The highest BCUT2D eigenvalue weighted by molar-refractivity contribution is 7.80. The fraction of sp³-hybridized carbons (Fsp3) is 1.00. The minimum atomic E-state index is -0.0532. The second-order valence-electron chi connectivity index (χ2n) is 2.12. The number of hydrogen-bond donors (Lipinski definition) is 2. The van der Waals surface area contributed by atoms with Gasteiger partial charge in [-0.2, -0.15) is 12.6 Å². The van der Waals surface area contributed by atoms with Crippen LogP contribution in [0.15, 0.2) is 0 Å². The molecule has 1 N–H and O–H groups in total. The van der Waals surface area contributed by atoms with Crippen LogP contribution >= 0.6 is 12.6 Å². The Hall–Kier alpha value is 0.310. The molecule has 1 nitrogen and oxygen atoms in total. The minimum absolute atomic E-state index is 0.0532. The Morgan fingerprint density at radius 1 is 1.43 bits per heavy atom. The molecule has 1 fully saturated rings. The van der Waals surface area contributed by atoms with Gasteiger partial charge in [0.1, 0.15) is 0 Å². The standard InChI is InChI=1S/C5H10OS/c6-4-1-2-5(7)3-4/h4-7H,1-3H2. The van der Waals surface area contributed by atoms with Crippen LogP contribution in [-0.2, 0) is 0 Å². The molecule has 2 heteroatoms. The van der Waals surface area contributed by atoms with Crippen molar-refractivity contribution in [3.8, 4) is 0 Å². The zero-order valence-corrected chi connectivity index (χ0v) is 5.06. The SMILES string of the molecule is OC1CCC(S)C1. The normalized spacial score (nSPS) is 42.0. The molecule has 0 saturated heterocycles. The quantitative estimate of drug-likeness (QED) is 0.451. The highest BCUT2D eigenvalue weighted by Gasteiger charge is 2.18. The summed E-state index contributed by atoms with van der Waals surface area (Å²) in [5, 5.41) is 9.32. The first kappa shape index (κ1) is 5.45. The Balaban J connectivity index is 2.26. The first-order valence-corrected chi connectivity index (χ1v) is 3.17. The highest BCUT2D eigenvalue weighted by atomic mass is 32.1. The van der Waals surface area contributed by atoms with Crippen molar-refractivity contribution in [3.63, 3.8) is 0 Å². The van der Waals surface area contributed by atoms with Crippen LogP contribution in [0.25, 0.3) is 0 Å². The van der Waals surface area contributed by atoms with E-state index >= 15 is 0 Å². The van der Waals surface area contributed by atoms with E-state index in [0.717, 1.165) is 19.3 Å². The Morgan fingerprint density at radius 3 is 2.29 bits per heavy atom. The molecular formula is C5H10OS. The summed E-state index contributed by atoms with van der Waals surface area (Å²) < 4.78 is 0. The lowest BCUT2D eigenvalue weighted by molar-refractivity contribution is 0.183. The Morgan fingerprint density at radius 2 is 2.14 bits per heavy atom. The van der Waals surface area contributed by atoms with E-state index in [-0.39, 0.29) is 6.10 Å². The van der Waals surface area contributed by atoms with E-state index < -0.39 is 0 Å².